The van der Waals surface area contributed by atoms with Crippen LogP contribution in [0.25, 0.3) is 0 Å². The molecule has 1 aliphatic heterocycles. The standard InChI is InChI=1S/C25H22ClF3N2O2/c1-13-6-8-15(9-7-13)22-21(14(2)30-18-4-3-5-20(32)23(18)22)24(33)31-19-12-16(25(27,28)29)10-11-17(19)26/h6-12,22,30H,3-5H2,1-2H3,(H,31,33)/t22-/m0/s1. The molecule has 0 radical (unpaired) electrons. The minimum atomic E-state index is -4.58. The smallest absolute Gasteiger partial charge is 0.362 e. The third-order valence-corrected chi connectivity index (χ3v) is 6.30. The second-order valence-electron chi connectivity index (χ2n) is 8.32. The molecular formula is C25H22ClF3N2O2. The Balaban J connectivity index is 1.77. The number of halogens is 4. The molecule has 0 fully saturated rings. The highest BCUT2D eigenvalue weighted by Crippen LogP contribution is 2.43. The highest BCUT2D eigenvalue weighted by atomic mass is 35.5. The molecule has 4 rings (SSSR count). The minimum Gasteiger partial charge on any atom is -0.362 e. The minimum absolute atomic E-state index is 0.0149. The molecule has 0 saturated heterocycles. The molecule has 0 unspecified atom stereocenters. The van der Waals surface area contributed by atoms with E-state index in [2.05, 4.69) is 10.6 Å². The normalized spacial score (nSPS) is 18.7. The van der Waals surface area contributed by atoms with E-state index >= 15 is 0 Å². The average Bonchev–Trinajstić information content (AvgIpc) is 2.74. The van der Waals surface area contributed by atoms with Gasteiger partial charge in [0.25, 0.3) is 5.91 Å². The number of Topliss-reactive ketones (excluding diaryl/α,β-unsaturated/α-hetero) is 1. The summed E-state index contributed by atoms with van der Waals surface area (Å²) in [5.74, 6) is -1.28. The van der Waals surface area contributed by atoms with Crippen LogP contribution in [-0.2, 0) is 15.8 Å². The molecule has 1 atom stereocenters. The van der Waals surface area contributed by atoms with Gasteiger partial charge in [-0.1, -0.05) is 41.4 Å². The predicted octanol–water partition coefficient (Wildman–Crippen LogP) is 6.27. The molecule has 0 bridgehead atoms. The van der Waals surface area contributed by atoms with Gasteiger partial charge in [0.2, 0.25) is 0 Å². The second-order valence-corrected chi connectivity index (χ2v) is 8.73. The quantitative estimate of drug-likeness (QED) is 0.551. The van der Waals surface area contributed by atoms with Gasteiger partial charge in [-0.25, -0.2) is 0 Å². The molecule has 2 aliphatic rings. The molecule has 33 heavy (non-hydrogen) atoms. The number of nitrogens with one attached hydrogen (secondary N) is 2. The van der Waals surface area contributed by atoms with Gasteiger partial charge in [0.05, 0.1) is 16.3 Å². The van der Waals surface area contributed by atoms with Gasteiger partial charge in [-0.15, -0.1) is 0 Å². The number of carbonyl (C=O) groups is 2. The number of ketones is 1. The van der Waals surface area contributed by atoms with E-state index in [1.165, 1.54) is 0 Å². The zero-order valence-corrected chi connectivity index (χ0v) is 18.8. The molecule has 0 spiro atoms. The number of dihydropyridines is 1. The van der Waals surface area contributed by atoms with Crippen molar-refractivity contribution < 1.29 is 22.8 Å². The van der Waals surface area contributed by atoms with Crippen LogP contribution in [0.15, 0.2) is 65.0 Å². The van der Waals surface area contributed by atoms with Crippen molar-refractivity contribution in [3.05, 3.63) is 86.7 Å². The number of hydrogen-bond acceptors (Lipinski definition) is 3. The fourth-order valence-electron chi connectivity index (χ4n) is 4.36. The Labute approximate surface area is 194 Å². The summed E-state index contributed by atoms with van der Waals surface area (Å²) in [6.07, 6.45) is -2.78. The summed E-state index contributed by atoms with van der Waals surface area (Å²) < 4.78 is 39.5. The first-order valence-electron chi connectivity index (χ1n) is 10.5. The lowest BCUT2D eigenvalue weighted by Gasteiger charge is -2.34. The number of benzene rings is 2. The Bertz CT molecular complexity index is 1200. The Morgan fingerprint density at radius 3 is 2.45 bits per heavy atom. The van der Waals surface area contributed by atoms with E-state index in [1.54, 1.807) is 6.92 Å². The molecule has 1 amide bonds. The fourth-order valence-corrected chi connectivity index (χ4v) is 4.53. The lowest BCUT2D eigenvalue weighted by molar-refractivity contribution is -0.137. The lowest BCUT2D eigenvalue weighted by atomic mass is 9.75. The van der Waals surface area contributed by atoms with E-state index in [4.69, 9.17) is 11.6 Å². The van der Waals surface area contributed by atoms with Crippen molar-refractivity contribution in [3.8, 4) is 0 Å². The zero-order chi connectivity index (χ0) is 23.9. The van der Waals surface area contributed by atoms with Crippen LogP contribution in [0.5, 0.6) is 0 Å². The van der Waals surface area contributed by atoms with Gasteiger partial charge in [-0.05, 0) is 50.5 Å². The molecule has 2 N–H and O–H groups in total. The van der Waals surface area contributed by atoms with E-state index in [0.717, 1.165) is 41.4 Å². The highest BCUT2D eigenvalue weighted by Gasteiger charge is 2.39. The summed E-state index contributed by atoms with van der Waals surface area (Å²) in [4.78, 5) is 26.4. The van der Waals surface area contributed by atoms with Crippen molar-refractivity contribution in [2.24, 2.45) is 0 Å². The van der Waals surface area contributed by atoms with Crippen LogP contribution < -0.4 is 10.6 Å². The highest BCUT2D eigenvalue weighted by molar-refractivity contribution is 6.34. The molecule has 1 aliphatic carbocycles. The number of anilines is 1. The SMILES string of the molecule is CC1=C(C(=O)Nc2cc(C(F)(F)F)ccc2Cl)[C@H](c2ccc(C)cc2)C2=C(CCCC2=O)N1. The molecule has 2 aromatic carbocycles. The van der Waals surface area contributed by atoms with E-state index in [1.807, 2.05) is 31.2 Å². The molecule has 0 aromatic heterocycles. The molecule has 0 saturated carbocycles. The van der Waals surface area contributed by atoms with Gasteiger partial charge in [0, 0.05) is 34.9 Å². The van der Waals surface area contributed by atoms with Crippen LogP contribution in [-0.4, -0.2) is 11.7 Å². The number of allylic oxidation sites excluding steroid dienone is 3. The van der Waals surface area contributed by atoms with Crippen molar-refractivity contribution in [3.63, 3.8) is 0 Å². The first-order valence-corrected chi connectivity index (χ1v) is 10.9. The largest absolute Gasteiger partial charge is 0.416 e. The summed E-state index contributed by atoms with van der Waals surface area (Å²) in [5.41, 5.74) is 2.89. The number of hydrogen-bond donors (Lipinski definition) is 2. The van der Waals surface area contributed by atoms with Crippen LogP contribution in [0, 0.1) is 6.92 Å². The number of aryl methyl sites for hydroxylation is 1. The van der Waals surface area contributed by atoms with Crippen LogP contribution in [0.4, 0.5) is 18.9 Å². The molecule has 8 heteroatoms. The Morgan fingerprint density at radius 1 is 1.09 bits per heavy atom. The maximum Gasteiger partial charge on any atom is 0.416 e. The Hall–Kier alpha value is -3.06. The molecule has 2 aromatic rings. The summed E-state index contributed by atoms with van der Waals surface area (Å²) in [6, 6.07) is 10.3. The first kappa shape index (κ1) is 23.1. The maximum absolute atomic E-state index is 13.4. The maximum atomic E-state index is 13.4. The van der Waals surface area contributed by atoms with Gasteiger partial charge >= 0.3 is 6.18 Å². The van der Waals surface area contributed by atoms with Gasteiger partial charge in [0.15, 0.2) is 5.78 Å². The van der Waals surface area contributed by atoms with Crippen LogP contribution in [0.1, 0.15) is 48.8 Å². The third kappa shape index (κ3) is 4.55. The second kappa shape index (κ2) is 8.71. The summed E-state index contributed by atoms with van der Waals surface area (Å²) in [7, 11) is 0. The van der Waals surface area contributed by atoms with E-state index in [9.17, 15) is 22.8 Å². The van der Waals surface area contributed by atoms with Gasteiger partial charge < -0.3 is 10.6 Å². The van der Waals surface area contributed by atoms with E-state index in [-0.39, 0.29) is 22.1 Å². The number of alkyl halides is 3. The summed E-state index contributed by atoms with van der Waals surface area (Å²) in [5, 5.41) is 5.72. The lowest BCUT2D eigenvalue weighted by Crippen LogP contribution is -2.35. The topological polar surface area (TPSA) is 58.2 Å². The molecule has 1 heterocycles. The number of amides is 1. The zero-order valence-electron chi connectivity index (χ0n) is 18.1. The molecular weight excluding hydrogens is 453 g/mol. The van der Waals surface area contributed by atoms with Crippen LogP contribution >= 0.6 is 11.6 Å². The van der Waals surface area contributed by atoms with Crippen LogP contribution in [0.3, 0.4) is 0 Å². The first-order chi connectivity index (χ1) is 15.6. The Kier molecular flexibility index (Phi) is 6.10. The average molecular weight is 475 g/mol. The Morgan fingerprint density at radius 2 is 1.79 bits per heavy atom. The predicted molar refractivity (Wildman–Crippen MR) is 121 cm³/mol. The monoisotopic (exact) mass is 474 g/mol. The summed E-state index contributed by atoms with van der Waals surface area (Å²) >= 11 is 6.09. The van der Waals surface area contributed by atoms with Crippen molar-refractivity contribution in [1.29, 1.82) is 0 Å². The van der Waals surface area contributed by atoms with E-state index in [0.29, 0.717) is 24.1 Å². The van der Waals surface area contributed by atoms with Crippen molar-refractivity contribution >= 4 is 29.0 Å². The molecule has 172 valence electrons. The van der Waals surface area contributed by atoms with Crippen LogP contribution in [0.2, 0.25) is 5.02 Å². The van der Waals surface area contributed by atoms with Crippen molar-refractivity contribution in [2.45, 2.75) is 45.2 Å². The fraction of sp³-hybridized carbons (Fsp3) is 0.280. The van der Waals surface area contributed by atoms with Gasteiger partial charge in [0.1, 0.15) is 0 Å². The van der Waals surface area contributed by atoms with Crippen molar-refractivity contribution in [1.82, 2.24) is 5.32 Å². The third-order valence-electron chi connectivity index (χ3n) is 5.97. The van der Waals surface area contributed by atoms with Crippen molar-refractivity contribution in [2.75, 3.05) is 5.32 Å². The number of carbonyl (C=O) groups excluding carboxylic acids is 2. The van der Waals surface area contributed by atoms with Gasteiger partial charge in [-0.3, -0.25) is 9.59 Å². The van der Waals surface area contributed by atoms with E-state index < -0.39 is 23.6 Å². The molecule has 4 nitrogen and oxygen atoms in total. The number of rotatable bonds is 3. The summed E-state index contributed by atoms with van der Waals surface area (Å²) in [6.45, 7) is 3.67. The van der Waals surface area contributed by atoms with Gasteiger partial charge in [-0.2, -0.15) is 13.2 Å².